The average molecular weight is 502 g/mol. The Balaban J connectivity index is 1.67. The summed E-state index contributed by atoms with van der Waals surface area (Å²) in [6.45, 7) is 0. The topological polar surface area (TPSA) is 0 Å². The van der Waals surface area contributed by atoms with Crippen molar-refractivity contribution in [3.8, 4) is 0 Å². The summed E-state index contributed by atoms with van der Waals surface area (Å²) in [6.07, 6.45) is 8.41. The Morgan fingerprint density at radius 1 is 0.704 bits per heavy atom. The van der Waals surface area contributed by atoms with Crippen molar-refractivity contribution in [2.75, 3.05) is 0 Å². The molecule has 3 aromatic rings. The molecule has 0 bridgehead atoms. The zero-order chi connectivity index (χ0) is 18.5. The molecule has 1 aliphatic carbocycles. The fourth-order valence-corrected chi connectivity index (χ4v) is 10.5. The Bertz CT molecular complexity index is 891. The van der Waals surface area contributed by atoms with Gasteiger partial charge in [-0.15, -0.1) is 7.20 Å². The van der Waals surface area contributed by atoms with Crippen molar-refractivity contribution in [3.63, 3.8) is 0 Å². The molecular formula is C24H23IS2. The molecule has 0 spiro atoms. The van der Waals surface area contributed by atoms with Crippen molar-refractivity contribution in [3.05, 3.63) is 97.1 Å². The number of hydrogen-bond donors (Lipinski definition) is 0. The summed E-state index contributed by atoms with van der Waals surface area (Å²) >= 11 is 4.64. The quantitative estimate of drug-likeness (QED) is 0.249. The van der Waals surface area contributed by atoms with E-state index in [1.807, 2.05) is 11.8 Å². The minimum Gasteiger partial charge on any atom is -0.130 e. The maximum absolute atomic E-state index is 2.80. The van der Waals surface area contributed by atoms with Crippen LogP contribution in [0.2, 0.25) is 0 Å². The lowest BCUT2D eigenvalue weighted by atomic mass is 10.1. The Morgan fingerprint density at radius 2 is 1.30 bits per heavy atom. The molecular weight excluding hydrogens is 479 g/mol. The Morgan fingerprint density at radius 3 is 1.93 bits per heavy atom. The third-order valence-corrected chi connectivity index (χ3v) is 14.4. The number of hydrogen-bond acceptors (Lipinski definition) is 1. The average Bonchev–Trinajstić information content (AvgIpc) is 2.76. The van der Waals surface area contributed by atoms with E-state index in [0.29, 0.717) is 5.25 Å². The molecule has 1 aliphatic rings. The van der Waals surface area contributed by atoms with Gasteiger partial charge in [-0.3, -0.25) is 0 Å². The van der Waals surface area contributed by atoms with Crippen LogP contribution in [0.5, 0.6) is 0 Å². The van der Waals surface area contributed by atoms with Gasteiger partial charge < -0.3 is 0 Å². The van der Waals surface area contributed by atoms with Crippen molar-refractivity contribution in [2.24, 2.45) is 0 Å². The van der Waals surface area contributed by atoms with E-state index in [1.54, 1.807) is 0 Å². The summed E-state index contributed by atoms with van der Waals surface area (Å²) in [5.74, 6) is 0. The van der Waals surface area contributed by atoms with Crippen LogP contribution in [0, 0.1) is 0 Å². The van der Waals surface area contributed by atoms with Gasteiger partial charge in [0.05, 0.1) is 0 Å². The summed E-state index contributed by atoms with van der Waals surface area (Å²) in [7, 11) is -1.08. The second-order valence-electron chi connectivity index (χ2n) is 6.69. The monoisotopic (exact) mass is 502 g/mol. The first-order chi connectivity index (χ1) is 13.3. The zero-order valence-corrected chi connectivity index (χ0v) is 18.9. The molecule has 3 aromatic carbocycles. The van der Waals surface area contributed by atoms with Crippen molar-refractivity contribution in [1.29, 1.82) is 0 Å². The maximum atomic E-state index is 2.80. The van der Waals surface area contributed by atoms with Crippen LogP contribution in [0.4, 0.5) is 0 Å². The predicted octanol–water partition coefficient (Wildman–Crippen LogP) is 8.52. The number of halogens is 1. The second kappa shape index (κ2) is 8.89. The van der Waals surface area contributed by atoms with Crippen molar-refractivity contribution in [1.82, 2.24) is 0 Å². The van der Waals surface area contributed by atoms with Crippen LogP contribution >= 0.6 is 40.2 Å². The molecule has 0 fully saturated rings. The van der Waals surface area contributed by atoms with E-state index in [-0.39, 0.29) is 0 Å². The molecule has 2 atom stereocenters. The first kappa shape index (κ1) is 19.2. The van der Waals surface area contributed by atoms with Crippen LogP contribution in [0.25, 0.3) is 0 Å². The van der Waals surface area contributed by atoms with Crippen molar-refractivity contribution >= 4 is 40.2 Å². The van der Waals surface area contributed by atoms with Gasteiger partial charge in [-0.2, -0.15) is 0 Å². The molecule has 0 aliphatic heterocycles. The summed E-state index contributed by atoms with van der Waals surface area (Å²) in [4.78, 5) is 5.58. The van der Waals surface area contributed by atoms with Gasteiger partial charge in [0.15, 0.2) is 0 Å². The van der Waals surface area contributed by atoms with Crippen LogP contribution in [0.15, 0.2) is 117 Å². The van der Waals surface area contributed by atoms with Gasteiger partial charge in [0.25, 0.3) is 0 Å². The molecule has 0 heterocycles. The molecule has 0 radical (unpaired) electrons. The Labute approximate surface area is 180 Å². The SMILES string of the molecule is IS(c1ccccc1)(c1ccc(Sc2ccccc2)cc1)C1CC=CCC1. The van der Waals surface area contributed by atoms with E-state index in [2.05, 4.69) is 118 Å². The third-order valence-electron chi connectivity index (χ3n) is 4.91. The lowest BCUT2D eigenvalue weighted by molar-refractivity contribution is 0.741. The fraction of sp³-hybridized carbons (Fsp3) is 0.167. The van der Waals surface area contributed by atoms with Crippen LogP contribution < -0.4 is 0 Å². The van der Waals surface area contributed by atoms with Crippen LogP contribution in [0.1, 0.15) is 19.3 Å². The molecule has 0 saturated heterocycles. The number of rotatable bonds is 5. The van der Waals surface area contributed by atoms with Crippen molar-refractivity contribution < 1.29 is 0 Å². The standard InChI is InChI=1S/C24H23IS2/c25-27(22-12-6-2-7-13-22,23-14-8-3-9-15-23)24-18-16-21(17-19-24)26-20-10-4-1-5-11-20/h1-8,10-13,16-19,23H,9,14-15H2. The summed E-state index contributed by atoms with van der Waals surface area (Å²) < 4.78 is 0. The fourth-order valence-electron chi connectivity index (χ4n) is 3.53. The van der Waals surface area contributed by atoms with Gasteiger partial charge >= 0.3 is 0 Å². The third kappa shape index (κ3) is 4.30. The van der Waals surface area contributed by atoms with E-state index < -0.39 is 7.20 Å². The highest BCUT2D eigenvalue weighted by Gasteiger charge is 2.34. The normalized spacial score (nSPS) is 20.0. The van der Waals surface area contributed by atoms with Crippen molar-refractivity contribution in [2.45, 2.75) is 44.1 Å². The Kier molecular flexibility index (Phi) is 6.31. The highest BCUT2D eigenvalue weighted by atomic mass is 127. The van der Waals surface area contributed by atoms with Gasteiger partial charge in [-0.05, 0) is 89.0 Å². The predicted molar refractivity (Wildman–Crippen MR) is 128 cm³/mol. The number of benzene rings is 3. The number of allylic oxidation sites excluding steroid dienone is 2. The zero-order valence-electron chi connectivity index (χ0n) is 15.1. The summed E-state index contributed by atoms with van der Waals surface area (Å²) in [6, 6.07) is 31.1. The summed E-state index contributed by atoms with van der Waals surface area (Å²) in [5, 5.41) is 0.707. The second-order valence-corrected chi connectivity index (χ2v) is 14.8. The highest BCUT2D eigenvalue weighted by Crippen LogP contribution is 2.74. The molecule has 0 saturated carbocycles. The minimum atomic E-state index is -1.08. The van der Waals surface area contributed by atoms with E-state index >= 15 is 0 Å². The van der Waals surface area contributed by atoms with Gasteiger partial charge in [0.2, 0.25) is 0 Å². The molecule has 0 nitrogen and oxygen atoms in total. The minimum absolute atomic E-state index is 0.707. The van der Waals surface area contributed by atoms with Gasteiger partial charge in [0.1, 0.15) is 0 Å². The van der Waals surface area contributed by atoms with E-state index in [0.717, 1.165) is 0 Å². The van der Waals surface area contributed by atoms with E-state index in [1.165, 1.54) is 38.8 Å². The van der Waals surface area contributed by atoms with Crippen LogP contribution in [0.3, 0.4) is 0 Å². The molecule has 0 amide bonds. The van der Waals surface area contributed by atoms with Crippen LogP contribution in [-0.4, -0.2) is 5.25 Å². The van der Waals surface area contributed by atoms with Gasteiger partial charge in [-0.25, -0.2) is 0 Å². The van der Waals surface area contributed by atoms with E-state index in [4.69, 9.17) is 0 Å². The van der Waals surface area contributed by atoms with E-state index in [9.17, 15) is 0 Å². The lowest BCUT2D eigenvalue weighted by Crippen LogP contribution is -2.16. The maximum Gasteiger partial charge on any atom is 0.0123 e. The molecule has 4 rings (SSSR count). The highest BCUT2D eigenvalue weighted by molar-refractivity contribution is 14.2. The largest absolute Gasteiger partial charge is 0.130 e. The molecule has 2 unspecified atom stereocenters. The molecule has 3 heteroatoms. The smallest absolute Gasteiger partial charge is 0.0123 e. The van der Waals surface area contributed by atoms with Crippen LogP contribution in [-0.2, 0) is 0 Å². The molecule has 27 heavy (non-hydrogen) atoms. The lowest BCUT2D eigenvalue weighted by Gasteiger charge is -2.43. The molecule has 138 valence electrons. The first-order valence-corrected chi connectivity index (χ1v) is 14.4. The molecule has 0 N–H and O–H groups in total. The summed E-state index contributed by atoms with van der Waals surface area (Å²) in [5.41, 5.74) is 0. The van der Waals surface area contributed by atoms with Gasteiger partial charge in [0, 0.05) is 24.8 Å². The first-order valence-electron chi connectivity index (χ1n) is 9.32. The van der Waals surface area contributed by atoms with Gasteiger partial charge in [-0.1, -0.05) is 60.3 Å². The Hall–Kier alpha value is -1.17. The molecule has 0 aromatic heterocycles.